The third-order valence-corrected chi connectivity index (χ3v) is 3.74. The van der Waals surface area contributed by atoms with E-state index in [1.165, 1.54) is 23.5 Å². The van der Waals surface area contributed by atoms with Gasteiger partial charge in [0.25, 0.3) is 5.91 Å². The fourth-order valence-electron chi connectivity index (χ4n) is 1.58. The summed E-state index contributed by atoms with van der Waals surface area (Å²) in [5.74, 6) is 4.44. The predicted octanol–water partition coefficient (Wildman–Crippen LogP) is 3.53. The summed E-state index contributed by atoms with van der Waals surface area (Å²) in [6, 6.07) is 6.10. The van der Waals surface area contributed by atoms with Gasteiger partial charge in [-0.05, 0) is 23.6 Å². The first-order chi connectivity index (χ1) is 10.1. The lowest BCUT2D eigenvalue weighted by molar-refractivity contribution is 0.103. The van der Waals surface area contributed by atoms with Crippen molar-refractivity contribution >= 4 is 34.5 Å². The van der Waals surface area contributed by atoms with E-state index in [0.29, 0.717) is 16.9 Å². The highest BCUT2D eigenvalue weighted by Gasteiger charge is 2.15. The Bertz CT molecular complexity index is 718. The first-order valence-corrected chi connectivity index (χ1v) is 7.32. The molecule has 21 heavy (non-hydrogen) atoms. The average molecular weight is 324 g/mol. The number of halogens is 2. The number of carbonyl (C=O) groups excluding carboxylic acids is 1. The van der Waals surface area contributed by atoms with E-state index >= 15 is 0 Å². The highest BCUT2D eigenvalue weighted by Crippen LogP contribution is 2.24. The number of anilines is 1. The molecule has 0 radical (unpaired) electrons. The van der Waals surface area contributed by atoms with Gasteiger partial charge in [0, 0.05) is 12.0 Å². The molecule has 0 fully saturated rings. The maximum atomic E-state index is 13.8. The van der Waals surface area contributed by atoms with Crippen LogP contribution >= 0.6 is 22.9 Å². The van der Waals surface area contributed by atoms with Gasteiger partial charge in [-0.25, -0.2) is 4.39 Å². The van der Waals surface area contributed by atoms with Crippen LogP contribution in [-0.4, -0.2) is 17.6 Å². The van der Waals surface area contributed by atoms with E-state index in [4.69, 9.17) is 16.7 Å². The second-order valence-electron chi connectivity index (χ2n) is 3.99. The fourth-order valence-corrected chi connectivity index (χ4v) is 2.50. The van der Waals surface area contributed by atoms with Crippen LogP contribution in [-0.2, 0) is 0 Å². The van der Waals surface area contributed by atoms with E-state index in [9.17, 15) is 9.18 Å². The molecule has 1 amide bonds. The van der Waals surface area contributed by atoms with Crippen LogP contribution in [0.15, 0.2) is 29.6 Å². The molecule has 3 nitrogen and oxygen atoms in total. The van der Waals surface area contributed by atoms with Crippen LogP contribution in [0.5, 0.6) is 0 Å². The van der Waals surface area contributed by atoms with Gasteiger partial charge in [0.05, 0.1) is 17.3 Å². The van der Waals surface area contributed by atoms with E-state index in [0.717, 1.165) is 0 Å². The van der Waals surface area contributed by atoms with Crippen LogP contribution < -0.4 is 5.32 Å². The Morgan fingerprint density at radius 2 is 2.24 bits per heavy atom. The van der Waals surface area contributed by atoms with Gasteiger partial charge in [-0.3, -0.25) is 4.79 Å². The number of hydrogen-bond donors (Lipinski definition) is 2. The minimum Gasteiger partial charge on any atom is -0.395 e. The second-order valence-corrected chi connectivity index (χ2v) is 5.32. The molecule has 2 N–H and O–H groups in total. The largest absolute Gasteiger partial charge is 0.395 e. The molecule has 1 heterocycles. The van der Waals surface area contributed by atoms with Gasteiger partial charge in [0.1, 0.15) is 4.88 Å². The topological polar surface area (TPSA) is 49.3 Å². The van der Waals surface area contributed by atoms with Gasteiger partial charge in [-0.15, -0.1) is 11.3 Å². The molecule has 1 aromatic carbocycles. The first-order valence-electron chi connectivity index (χ1n) is 6.06. The van der Waals surface area contributed by atoms with Crippen molar-refractivity contribution in [3.8, 4) is 11.8 Å². The van der Waals surface area contributed by atoms with Crippen molar-refractivity contribution in [2.24, 2.45) is 0 Å². The van der Waals surface area contributed by atoms with E-state index < -0.39 is 11.7 Å². The Morgan fingerprint density at radius 1 is 1.43 bits per heavy atom. The summed E-state index contributed by atoms with van der Waals surface area (Å²) in [6.45, 7) is -0.0353. The summed E-state index contributed by atoms with van der Waals surface area (Å²) in [4.78, 5) is 12.6. The van der Waals surface area contributed by atoms with Crippen molar-refractivity contribution in [3.05, 3.63) is 50.9 Å². The number of thiophene rings is 1. The summed E-state index contributed by atoms with van der Waals surface area (Å²) in [7, 11) is 0. The molecule has 0 atom stereocenters. The lowest BCUT2D eigenvalue weighted by atomic mass is 10.2. The molecule has 2 aromatic rings. The molecule has 0 bridgehead atoms. The number of carbonyl (C=O) groups is 1. The van der Waals surface area contributed by atoms with Crippen LogP contribution in [0.4, 0.5) is 10.1 Å². The highest BCUT2D eigenvalue weighted by atomic mass is 35.5. The van der Waals surface area contributed by atoms with Crippen LogP contribution in [0.25, 0.3) is 0 Å². The van der Waals surface area contributed by atoms with Gasteiger partial charge in [0.15, 0.2) is 5.82 Å². The van der Waals surface area contributed by atoms with Gasteiger partial charge in [-0.2, -0.15) is 0 Å². The zero-order valence-corrected chi connectivity index (χ0v) is 12.4. The number of benzene rings is 1. The molecule has 0 saturated heterocycles. The molecule has 0 saturated carbocycles. The summed E-state index contributed by atoms with van der Waals surface area (Å²) < 4.78 is 13.8. The van der Waals surface area contributed by atoms with Crippen molar-refractivity contribution in [2.45, 2.75) is 6.42 Å². The summed E-state index contributed by atoms with van der Waals surface area (Å²) >= 11 is 6.88. The normalized spacial score (nSPS) is 9.86. The van der Waals surface area contributed by atoms with Gasteiger partial charge < -0.3 is 10.4 Å². The minimum absolute atomic E-state index is 0.0233. The Labute approximate surface area is 130 Å². The maximum absolute atomic E-state index is 13.8. The molecule has 108 valence electrons. The molecule has 0 spiro atoms. The van der Waals surface area contributed by atoms with E-state index in [-0.39, 0.29) is 17.3 Å². The molecule has 0 aliphatic heterocycles. The van der Waals surface area contributed by atoms with Crippen LogP contribution in [0.3, 0.4) is 0 Å². The van der Waals surface area contributed by atoms with Crippen molar-refractivity contribution < 1.29 is 14.3 Å². The van der Waals surface area contributed by atoms with Gasteiger partial charge in [-0.1, -0.05) is 29.5 Å². The highest BCUT2D eigenvalue weighted by molar-refractivity contribution is 7.12. The Kier molecular flexibility index (Phi) is 5.34. The van der Waals surface area contributed by atoms with Gasteiger partial charge >= 0.3 is 0 Å². The Balaban J connectivity index is 2.20. The molecule has 2 rings (SSSR count). The number of rotatable bonds is 3. The quantitative estimate of drug-likeness (QED) is 0.849. The average Bonchev–Trinajstić information content (AvgIpc) is 2.93. The zero-order valence-electron chi connectivity index (χ0n) is 10.8. The van der Waals surface area contributed by atoms with Crippen molar-refractivity contribution in [1.82, 2.24) is 0 Å². The third kappa shape index (κ3) is 3.82. The van der Waals surface area contributed by atoms with E-state index in [2.05, 4.69) is 17.2 Å². The lowest BCUT2D eigenvalue weighted by Crippen LogP contribution is -2.12. The molecular formula is C15H11ClFNO2S. The van der Waals surface area contributed by atoms with Crippen LogP contribution in [0, 0.1) is 17.7 Å². The monoisotopic (exact) mass is 323 g/mol. The predicted molar refractivity (Wildman–Crippen MR) is 82.3 cm³/mol. The molecule has 0 aliphatic rings. The van der Waals surface area contributed by atoms with Crippen molar-refractivity contribution in [3.63, 3.8) is 0 Å². The smallest absolute Gasteiger partial charge is 0.267 e. The molecule has 0 unspecified atom stereocenters. The van der Waals surface area contributed by atoms with E-state index in [1.807, 2.05) is 0 Å². The van der Waals surface area contributed by atoms with Crippen molar-refractivity contribution in [1.29, 1.82) is 0 Å². The number of aliphatic hydroxyl groups is 1. The fraction of sp³-hybridized carbons (Fsp3) is 0.133. The first kappa shape index (κ1) is 15.5. The molecule has 0 aliphatic carbocycles. The second kappa shape index (κ2) is 7.23. The zero-order chi connectivity index (χ0) is 15.2. The summed E-state index contributed by atoms with van der Waals surface area (Å²) in [5, 5.41) is 12.8. The number of hydrogen-bond acceptors (Lipinski definition) is 3. The third-order valence-electron chi connectivity index (χ3n) is 2.53. The SMILES string of the molecule is O=C(Nc1cccc(Cl)c1F)c1sccc1C#CCCO. The van der Waals surface area contributed by atoms with Crippen LogP contribution in [0.1, 0.15) is 21.7 Å². The van der Waals surface area contributed by atoms with Crippen molar-refractivity contribution in [2.75, 3.05) is 11.9 Å². The summed E-state index contributed by atoms with van der Waals surface area (Å²) in [5.41, 5.74) is 0.573. The maximum Gasteiger partial charge on any atom is 0.267 e. The number of amides is 1. The lowest BCUT2D eigenvalue weighted by Gasteiger charge is -2.06. The standard InChI is InChI=1S/C15H11ClFNO2S/c16-11-5-3-6-12(13(11)17)18-15(20)14-10(7-9-21-14)4-1-2-8-19/h3,5-7,9,19H,2,8H2,(H,18,20). The molecular weight excluding hydrogens is 313 g/mol. The van der Waals surface area contributed by atoms with Gasteiger partial charge in [0.2, 0.25) is 0 Å². The number of nitrogens with one attached hydrogen (secondary N) is 1. The molecule has 1 aromatic heterocycles. The number of aliphatic hydroxyl groups excluding tert-OH is 1. The van der Waals surface area contributed by atoms with E-state index in [1.54, 1.807) is 17.5 Å². The Hall–Kier alpha value is -1.87. The van der Waals surface area contributed by atoms with Crippen LogP contribution in [0.2, 0.25) is 5.02 Å². The molecule has 6 heteroatoms. The summed E-state index contributed by atoms with van der Waals surface area (Å²) in [6.07, 6.45) is 0.333. The minimum atomic E-state index is -0.669. The Morgan fingerprint density at radius 3 is 3.00 bits per heavy atom.